The summed E-state index contributed by atoms with van der Waals surface area (Å²) >= 11 is 7.12. The topological polar surface area (TPSA) is 72.7 Å². The van der Waals surface area contributed by atoms with Crippen LogP contribution in [0.1, 0.15) is 25.3 Å². The third kappa shape index (κ3) is 4.62. The van der Waals surface area contributed by atoms with Crippen molar-refractivity contribution in [1.29, 1.82) is 0 Å². The Bertz CT molecular complexity index is 877. The van der Waals surface area contributed by atoms with Crippen molar-refractivity contribution in [2.75, 3.05) is 11.1 Å². The molecule has 2 aromatic carbocycles. The molecule has 1 amide bonds. The molecule has 8 heteroatoms. The van der Waals surface area contributed by atoms with E-state index >= 15 is 0 Å². The second-order valence-electron chi connectivity index (χ2n) is 5.96. The van der Waals surface area contributed by atoms with Gasteiger partial charge in [0.15, 0.2) is 0 Å². The van der Waals surface area contributed by atoms with Gasteiger partial charge in [-0.2, -0.15) is 4.68 Å². The second kappa shape index (κ2) is 8.33. The number of carbonyl (C=O) groups excluding carboxylic acids is 1. The number of carbonyl (C=O) groups is 1. The molecule has 3 aromatic rings. The highest BCUT2D eigenvalue weighted by molar-refractivity contribution is 7.99. The van der Waals surface area contributed by atoms with Crippen molar-refractivity contribution >= 4 is 35.0 Å². The Labute approximate surface area is 160 Å². The van der Waals surface area contributed by atoms with Gasteiger partial charge in [0.1, 0.15) is 0 Å². The lowest BCUT2D eigenvalue weighted by molar-refractivity contribution is -0.113. The van der Waals surface area contributed by atoms with Gasteiger partial charge in [-0.05, 0) is 58.3 Å². The number of anilines is 1. The first kappa shape index (κ1) is 18.4. The van der Waals surface area contributed by atoms with Gasteiger partial charge in [-0.3, -0.25) is 4.79 Å². The van der Waals surface area contributed by atoms with Crippen molar-refractivity contribution in [1.82, 2.24) is 20.2 Å². The van der Waals surface area contributed by atoms with Crippen molar-refractivity contribution in [2.45, 2.75) is 24.9 Å². The van der Waals surface area contributed by atoms with E-state index in [0.717, 1.165) is 5.69 Å². The van der Waals surface area contributed by atoms with Crippen LogP contribution in [-0.4, -0.2) is 31.9 Å². The van der Waals surface area contributed by atoms with Gasteiger partial charge in [-0.15, -0.1) is 5.10 Å². The smallest absolute Gasteiger partial charge is 0.234 e. The van der Waals surface area contributed by atoms with E-state index in [2.05, 4.69) is 46.8 Å². The lowest BCUT2D eigenvalue weighted by Gasteiger charge is -2.08. The molecule has 0 saturated heterocycles. The molecular weight excluding hydrogens is 370 g/mol. The number of benzene rings is 2. The first-order valence-corrected chi connectivity index (χ1v) is 9.46. The number of tetrazole rings is 1. The van der Waals surface area contributed by atoms with E-state index in [1.165, 1.54) is 17.3 Å². The average molecular weight is 388 g/mol. The second-order valence-corrected chi connectivity index (χ2v) is 7.34. The third-order valence-electron chi connectivity index (χ3n) is 3.71. The molecule has 0 bridgehead atoms. The molecule has 0 aliphatic heterocycles. The number of amides is 1. The van der Waals surface area contributed by atoms with E-state index in [1.54, 1.807) is 28.9 Å². The van der Waals surface area contributed by atoms with Crippen molar-refractivity contribution in [3.63, 3.8) is 0 Å². The maximum absolute atomic E-state index is 12.1. The van der Waals surface area contributed by atoms with Gasteiger partial charge in [0.2, 0.25) is 11.1 Å². The standard InChI is InChI=1S/C18H18ClN5OS/c1-12(2)13-3-9-16(10-4-13)24-18(21-22-23-24)26-11-17(25)20-15-7-5-14(19)6-8-15/h3-10,12H,11H2,1-2H3,(H,20,25). The normalized spacial score (nSPS) is 10.9. The Morgan fingerprint density at radius 2 is 1.85 bits per heavy atom. The molecule has 0 fully saturated rings. The van der Waals surface area contributed by atoms with Gasteiger partial charge in [-0.1, -0.05) is 49.3 Å². The van der Waals surface area contributed by atoms with Gasteiger partial charge in [0.05, 0.1) is 11.4 Å². The van der Waals surface area contributed by atoms with Crippen molar-refractivity contribution in [2.24, 2.45) is 0 Å². The predicted octanol–water partition coefficient (Wildman–Crippen LogP) is 4.17. The maximum Gasteiger partial charge on any atom is 0.234 e. The van der Waals surface area contributed by atoms with E-state index in [9.17, 15) is 4.79 Å². The van der Waals surface area contributed by atoms with Crippen LogP contribution in [0.2, 0.25) is 5.02 Å². The number of aromatic nitrogens is 4. The van der Waals surface area contributed by atoms with Gasteiger partial charge >= 0.3 is 0 Å². The summed E-state index contributed by atoms with van der Waals surface area (Å²) < 4.78 is 1.63. The number of thioether (sulfide) groups is 1. The molecule has 3 rings (SSSR count). The highest BCUT2D eigenvalue weighted by atomic mass is 35.5. The molecular formula is C18H18ClN5OS. The lowest BCUT2D eigenvalue weighted by Crippen LogP contribution is -2.14. The van der Waals surface area contributed by atoms with Crippen LogP contribution in [0.5, 0.6) is 0 Å². The van der Waals surface area contributed by atoms with Crippen LogP contribution in [0.4, 0.5) is 5.69 Å². The summed E-state index contributed by atoms with van der Waals surface area (Å²) in [5.74, 6) is 0.526. The third-order valence-corrected chi connectivity index (χ3v) is 4.88. The molecule has 26 heavy (non-hydrogen) atoms. The van der Waals surface area contributed by atoms with Crippen LogP contribution in [0, 0.1) is 0 Å². The number of hydrogen-bond acceptors (Lipinski definition) is 5. The molecule has 1 aromatic heterocycles. The number of hydrogen-bond donors (Lipinski definition) is 1. The summed E-state index contributed by atoms with van der Waals surface area (Å²) in [5.41, 5.74) is 2.81. The Morgan fingerprint density at radius 1 is 1.15 bits per heavy atom. The van der Waals surface area contributed by atoms with Gasteiger partial charge in [0.25, 0.3) is 0 Å². The first-order valence-electron chi connectivity index (χ1n) is 8.10. The number of nitrogens with one attached hydrogen (secondary N) is 1. The van der Waals surface area contributed by atoms with E-state index in [1.807, 2.05) is 12.1 Å². The molecule has 0 radical (unpaired) electrons. The fraction of sp³-hybridized carbons (Fsp3) is 0.222. The van der Waals surface area contributed by atoms with Gasteiger partial charge in [-0.25, -0.2) is 0 Å². The van der Waals surface area contributed by atoms with Crippen molar-refractivity contribution in [3.05, 3.63) is 59.1 Å². The van der Waals surface area contributed by atoms with Crippen LogP contribution >= 0.6 is 23.4 Å². The van der Waals surface area contributed by atoms with Crippen LogP contribution in [-0.2, 0) is 4.79 Å². The highest BCUT2D eigenvalue weighted by Crippen LogP contribution is 2.21. The molecule has 0 saturated carbocycles. The highest BCUT2D eigenvalue weighted by Gasteiger charge is 2.12. The largest absolute Gasteiger partial charge is 0.325 e. The SMILES string of the molecule is CC(C)c1ccc(-n2nnnc2SCC(=O)Nc2ccc(Cl)cc2)cc1. The number of halogens is 1. The molecule has 6 nitrogen and oxygen atoms in total. The molecule has 1 N–H and O–H groups in total. The molecule has 0 aliphatic carbocycles. The number of nitrogens with zero attached hydrogens (tertiary/aromatic N) is 4. The lowest BCUT2D eigenvalue weighted by atomic mass is 10.0. The molecule has 134 valence electrons. The first-order chi connectivity index (χ1) is 12.5. The molecule has 1 heterocycles. The fourth-order valence-corrected chi connectivity index (χ4v) is 3.11. The summed E-state index contributed by atoms with van der Waals surface area (Å²) in [5, 5.41) is 15.8. The molecule has 0 spiro atoms. The fourth-order valence-electron chi connectivity index (χ4n) is 2.29. The molecule has 0 aliphatic rings. The van der Waals surface area contributed by atoms with Crippen molar-refractivity contribution in [3.8, 4) is 5.69 Å². The summed E-state index contributed by atoms with van der Waals surface area (Å²) in [7, 11) is 0. The summed E-state index contributed by atoms with van der Waals surface area (Å²) in [6.07, 6.45) is 0. The van der Waals surface area contributed by atoms with E-state index in [-0.39, 0.29) is 11.7 Å². The van der Waals surface area contributed by atoms with Gasteiger partial charge < -0.3 is 5.32 Å². The Morgan fingerprint density at radius 3 is 2.50 bits per heavy atom. The quantitative estimate of drug-likeness (QED) is 0.642. The van der Waals surface area contributed by atoms with E-state index < -0.39 is 0 Å². The maximum atomic E-state index is 12.1. The summed E-state index contributed by atoms with van der Waals surface area (Å²) in [4.78, 5) is 12.1. The Hall–Kier alpha value is -2.38. The minimum absolute atomic E-state index is 0.137. The monoisotopic (exact) mass is 387 g/mol. The van der Waals surface area contributed by atoms with Crippen LogP contribution < -0.4 is 5.32 Å². The van der Waals surface area contributed by atoms with E-state index in [4.69, 9.17) is 11.6 Å². The predicted molar refractivity (Wildman–Crippen MR) is 104 cm³/mol. The van der Waals surface area contributed by atoms with Crippen molar-refractivity contribution < 1.29 is 4.79 Å². The Balaban J connectivity index is 1.63. The summed E-state index contributed by atoms with van der Waals surface area (Å²) in [6.45, 7) is 4.29. The zero-order valence-electron chi connectivity index (χ0n) is 14.4. The van der Waals surface area contributed by atoms with E-state index in [0.29, 0.717) is 21.8 Å². The minimum Gasteiger partial charge on any atom is -0.325 e. The van der Waals surface area contributed by atoms with Crippen LogP contribution in [0.25, 0.3) is 5.69 Å². The van der Waals surface area contributed by atoms with Crippen LogP contribution in [0.15, 0.2) is 53.7 Å². The molecule has 0 atom stereocenters. The summed E-state index contributed by atoms with van der Waals surface area (Å²) in [6, 6.07) is 15.0. The van der Waals surface area contributed by atoms with Gasteiger partial charge in [0, 0.05) is 10.7 Å². The van der Waals surface area contributed by atoms with Crippen LogP contribution in [0.3, 0.4) is 0 Å². The number of rotatable bonds is 6. The zero-order valence-corrected chi connectivity index (χ0v) is 16.0. The minimum atomic E-state index is -0.137. The zero-order chi connectivity index (χ0) is 18.5. The Kier molecular flexibility index (Phi) is 5.90. The molecule has 0 unspecified atom stereocenters. The average Bonchev–Trinajstić information content (AvgIpc) is 3.10.